The van der Waals surface area contributed by atoms with Gasteiger partial charge in [-0.25, -0.2) is 10.4 Å². The predicted octanol–water partition coefficient (Wildman–Crippen LogP) is 1.97. The molecule has 0 saturated carbocycles. The monoisotopic (exact) mass is 469 g/mol. The number of likely N-dealkylation sites (tertiary alicyclic amines) is 1. The Hall–Kier alpha value is -2.45. The van der Waals surface area contributed by atoms with E-state index in [0.717, 1.165) is 18.5 Å². The largest absolute Gasteiger partial charge is 0.339 e. The minimum Gasteiger partial charge on any atom is -0.339 e. The average molecular weight is 470 g/mol. The van der Waals surface area contributed by atoms with Crippen molar-refractivity contribution in [2.24, 2.45) is 17.8 Å². The first-order valence-electron chi connectivity index (χ1n) is 12.8. The number of fused-ring (bicyclic) bond motifs is 1. The van der Waals surface area contributed by atoms with Crippen LogP contribution in [0.2, 0.25) is 0 Å². The molecule has 8 heteroatoms. The van der Waals surface area contributed by atoms with E-state index in [9.17, 15) is 14.4 Å². The number of anilines is 1. The van der Waals surface area contributed by atoms with Gasteiger partial charge in [0.2, 0.25) is 17.7 Å². The number of hydrogen-bond acceptors (Lipinski definition) is 5. The number of benzene rings is 1. The summed E-state index contributed by atoms with van der Waals surface area (Å²) >= 11 is 0. The first-order chi connectivity index (χ1) is 16.3. The van der Waals surface area contributed by atoms with Crippen molar-refractivity contribution in [2.75, 3.05) is 44.3 Å². The fourth-order valence-electron chi connectivity index (χ4n) is 5.59. The van der Waals surface area contributed by atoms with Gasteiger partial charge in [-0.15, -0.1) is 0 Å². The Morgan fingerprint density at radius 1 is 0.971 bits per heavy atom. The zero-order valence-corrected chi connectivity index (χ0v) is 20.9. The molecule has 0 spiro atoms. The van der Waals surface area contributed by atoms with Crippen LogP contribution in [0, 0.1) is 17.8 Å². The third-order valence-corrected chi connectivity index (χ3v) is 7.84. The van der Waals surface area contributed by atoms with Gasteiger partial charge in [0, 0.05) is 51.2 Å². The first-order valence-corrected chi connectivity index (χ1v) is 12.8. The van der Waals surface area contributed by atoms with Crippen LogP contribution in [0.25, 0.3) is 0 Å². The van der Waals surface area contributed by atoms with Crippen LogP contribution < -0.4 is 10.4 Å². The number of nitrogens with one attached hydrogen (secondary N) is 1. The van der Waals surface area contributed by atoms with Crippen LogP contribution >= 0.6 is 0 Å². The molecule has 0 aliphatic carbocycles. The maximum atomic E-state index is 13.8. The number of piperidine rings is 1. The smallest absolute Gasteiger partial charge is 0.247 e. The van der Waals surface area contributed by atoms with Crippen LogP contribution in [0.15, 0.2) is 30.3 Å². The summed E-state index contributed by atoms with van der Waals surface area (Å²) in [7, 11) is 0. The number of hydrazine groups is 1. The molecule has 3 atom stereocenters. The average Bonchev–Trinajstić information content (AvgIpc) is 3.20. The molecule has 3 aliphatic rings. The quantitative estimate of drug-likeness (QED) is 0.690. The lowest BCUT2D eigenvalue weighted by molar-refractivity contribution is -0.146. The molecule has 1 N–H and O–H groups in total. The SMILES string of the molecule is CCC(CC)C(=O)N1CCN(C(=O)C2CN(C(C)C)CC3C(=O)N(c4ccccc4)NC23)CC1. The van der Waals surface area contributed by atoms with Gasteiger partial charge in [0.05, 0.1) is 23.6 Å². The molecule has 1 aromatic carbocycles. The van der Waals surface area contributed by atoms with Gasteiger partial charge in [-0.2, -0.15) is 0 Å². The summed E-state index contributed by atoms with van der Waals surface area (Å²) in [5.41, 5.74) is 4.19. The zero-order valence-electron chi connectivity index (χ0n) is 20.9. The van der Waals surface area contributed by atoms with Crippen molar-refractivity contribution in [3.63, 3.8) is 0 Å². The highest BCUT2D eigenvalue weighted by atomic mass is 16.2. The number of piperazine rings is 1. The highest BCUT2D eigenvalue weighted by molar-refractivity contribution is 5.98. The van der Waals surface area contributed by atoms with Gasteiger partial charge in [-0.05, 0) is 38.8 Å². The van der Waals surface area contributed by atoms with E-state index in [1.165, 1.54) is 0 Å². The summed E-state index contributed by atoms with van der Waals surface area (Å²) in [4.78, 5) is 46.0. The van der Waals surface area contributed by atoms with Crippen LogP contribution in [0.3, 0.4) is 0 Å². The summed E-state index contributed by atoms with van der Waals surface area (Å²) in [5, 5.41) is 1.63. The van der Waals surface area contributed by atoms with Crippen molar-refractivity contribution >= 4 is 23.4 Å². The molecule has 34 heavy (non-hydrogen) atoms. The van der Waals surface area contributed by atoms with Crippen molar-refractivity contribution < 1.29 is 14.4 Å². The molecule has 186 valence electrons. The van der Waals surface area contributed by atoms with E-state index in [1.807, 2.05) is 40.1 Å². The third kappa shape index (κ3) is 4.70. The van der Waals surface area contributed by atoms with Gasteiger partial charge in [0.25, 0.3) is 0 Å². The van der Waals surface area contributed by atoms with E-state index in [2.05, 4.69) is 38.0 Å². The van der Waals surface area contributed by atoms with Gasteiger partial charge in [0.1, 0.15) is 0 Å². The minimum absolute atomic E-state index is 0.0277. The maximum Gasteiger partial charge on any atom is 0.247 e. The fourth-order valence-corrected chi connectivity index (χ4v) is 5.59. The normalized spacial score (nSPS) is 25.9. The summed E-state index contributed by atoms with van der Waals surface area (Å²) in [5.74, 6) is -0.172. The standard InChI is InChI=1S/C26H39N5O3/c1-5-19(6-2)24(32)28-12-14-29(15-13-28)25(33)21-16-30(18(3)4)17-22-23(21)27-31(26(22)34)20-10-8-7-9-11-20/h7-11,18-19,21-23,27H,5-6,12-17H2,1-4H3. The Kier molecular flexibility index (Phi) is 7.57. The topological polar surface area (TPSA) is 76.2 Å². The summed E-state index contributed by atoms with van der Waals surface area (Å²) in [6.07, 6.45) is 1.70. The van der Waals surface area contributed by atoms with Gasteiger partial charge < -0.3 is 9.80 Å². The number of nitrogens with zero attached hydrogens (tertiary/aromatic N) is 4. The Balaban J connectivity index is 1.48. The lowest BCUT2D eigenvalue weighted by Crippen LogP contribution is -2.61. The lowest BCUT2D eigenvalue weighted by atomic mass is 9.83. The molecule has 3 amide bonds. The minimum atomic E-state index is -0.305. The molecule has 3 unspecified atom stereocenters. The lowest BCUT2D eigenvalue weighted by Gasteiger charge is -2.43. The maximum absolute atomic E-state index is 13.8. The van der Waals surface area contributed by atoms with E-state index < -0.39 is 0 Å². The highest BCUT2D eigenvalue weighted by Crippen LogP contribution is 2.33. The molecular formula is C26H39N5O3. The molecule has 0 radical (unpaired) electrons. The number of amides is 3. The molecule has 3 fully saturated rings. The van der Waals surface area contributed by atoms with Crippen LogP contribution in [0.5, 0.6) is 0 Å². The first kappa shape index (κ1) is 24.7. The van der Waals surface area contributed by atoms with Gasteiger partial charge in [0.15, 0.2) is 0 Å². The Morgan fingerprint density at radius 3 is 2.18 bits per heavy atom. The summed E-state index contributed by atoms with van der Waals surface area (Å²) in [6, 6.07) is 9.61. The van der Waals surface area contributed by atoms with Gasteiger partial charge >= 0.3 is 0 Å². The van der Waals surface area contributed by atoms with Crippen LogP contribution in [0.4, 0.5) is 5.69 Å². The molecule has 3 aliphatic heterocycles. The van der Waals surface area contributed by atoms with Crippen LogP contribution in [-0.2, 0) is 14.4 Å². The Bertz CT molecular complexity index is 880. The van der Waals surface area contributed by atoms with Crippen LogP contribution in [0.1, 0.15) is 40.5 Å². The van der Waals surface area contributed by atoms with E-state index in [1.54, 1.807) is 5.01 Å². The number of hydrogen-bond donors (Lipinski definition) is 1. The van der Waals surface area contributed by atoms with E-state index in [4.69, 9.17) is 0 Å². The number of carbonyl (C=O) groups is 3. The number of carbonyl (C=O) groups excluding carboxylic acids is 3. The number of rotatable bonds is 6. The number of para-hydroxylation sites is 1. The van der Waals surface area contributed by atoms with Crippen molar-refractivity contribution in [2.45, 2.75) is 52.6 Å². The molecular weight excluding hydrogens is 430 g/mol. The molecule has 3 heterocycles. The fraction of sp³-hybridized carbons (Fsp3) is 0.654. The molecule has 0 bridgehead atoms. The third-order valence-electron chi connectivity index (χ3n) is 7.84. The van der Waals surface area contributed by atoms with Crippen molar-refractivity contribution in [1.82, 2.24) is 20.1 Å². The molecule has 1 aromatic rings. The molecule has 0 aromatic heterocycles. The molecule has 4 rings (SSSR count). The van der Waals surface area contributed by atoms with Gasteiger partial charge in [-0.1, -0.05) is 32.0 Å². The zero-order chi connectivity index (χ0) is 24.4. The molecule has 8 nitrogen and oxygen atoms in total. The Labute approximate surface area is 203 Å². The van der Waals surface area contributed by atoms with E-state index in [-0.39, 0.29) is 47.6 Å². The predicted molar refractivity (Wildman–Crippen MR) is 132 cm³/mol. The van der Waals surface area contributed by atoms with E-state index in [0.29, 0.717) is 39.3 Å². The summed E-state index contributed by atoms with van der Waals surface area (Å²) in [6.45, 7) is 11.9. The van der Waals surface area contributed by atoms with Gasteiger partial charge in [-0.3, -0.25) is 19.3 Å². The highest BCUT2D eigenvalue weighted by Gasteiger charge is 2.52. The Morgan fingerprint density at radius 2 is 1.59 bits per heavy atom. The van der Waals surface area contributed by atoms with Crippen molar-refractivity contribution in [3.05, 3.63) is 30.3 Å². The molecule has 3 saturated heterocycles. The van der Waals surface area contributed by atoms with Crippen LogP contribution in [-0.4, -0.2) is 83.8 Å². The second-order valence-electron chi connectivity index (χ2n) is 10.1. The summed E-state index contributed by atoms with van der Waals surface area (Å²) < 4.78 is 0. The van der Waals surface area contributed by atoms with E-state index >= 15 is 0 Å². The second kappa shape index (κ2) is 10.4. The second-order valence-corrected chi connectivity index (χ2v) is 10.1. The van der Waals surface area contributed by atoms with Crippen molar-refractivity contribution in [1.29, 1.82) is 0 Å². The van der Waals surface area contributed by atoms with Crippen molar-refractivity contribution in [3.8, 4) is 0 Å².